The highest BCUT2D eigenvalue weighted by Crippen LogP contribution is 2.47. The maximum atomic E-state index is 5.42. The van der Waals surface area contributed by atoms with Crippen LogP contribution in [0.15, 0.2) is 388 Å². The van der Waals surface area contributed by atoms with E-state index in [1.54, 1.807) is 0 Å². The Balaban J connectivity index is 0.752. The molecule has 11 nitrogen and oxygen atoms in total. The van der Waals surface area contributed by atoms with Crippen molar-refractivity contribution in [3.8, 4) is 130 Å². The van der Waals surface area contributed by atoms with Gasteiger partial charge in [-0.1, -0.05) is 285 Å². The first-order valence-corrected chi connectivity index (χ1v) is 37.7. The predicted octanol–water partition coefficient (Wildman–Crippen LogP) is 22.4. The molecule has 2 aliphatic rings. The Hall–Kier alpha value is -15.1. The lowest BCUT2D eigenvalue weighted by molar-refractivity contribution is 1.07. The molecular formula is C100H64BN11. The van der Waals surface area contributed by atoms with Gasteiger partial charge in [-0.15, -0.1) is 0 Å². The topological polar surface area (TPSA) is 115 Å². The van der Waals surface area contributed by atoms with Crippen molar-refractivity contribution in [2.24, 2.45) is 0 Å². The fraction of sp³-hybridized carbons (Fsp3) is 0. The summed E-state index contributed by atoms with van der Waals surface area (Å²) in [6.45, 7) is 0.0330. The summed E-state index contributed by atoms with van der Waals surface area (Å²) in [5, 5.41) is 1.94. The van der Waals surface area contributed by atoms with Crippen LogP contribution in [0.25, 0.3) is 152 Å². The molecule has 0 fully saturated rings. The summed E-state index contributed by atoms with van der Waals surface area (Å²) in [5.41, 5.74) is 27.4. The molecule has 6 heterocycles. The molecule has 21 rings (SSSR count). The van der Waals surface area contributed by atoms with Gasteiger partial charge in [0.1, 0.15) is 0 Å². The molecule has 0 bridgehead atoms. The summed E-state index contributed by atoms with van der Waals surface area (Å²) >= 11 is 0. The van der Waals surface area contributed by atoms with Crippen molar-refractivity contribution in [1.29, 1.82) is 0 Å². The number of para-hydroxylation sites is 3. The second-order valence-corrected chi connectivity index (χ2v) is 28.2. The summed E-state index contributed by atoms with van der Waals surface area (Å²) in [5.74, 6) is 4.04. The molecule has 0 aliphatic carbocycles. The van der Waals surface area contributed by atoms with Gasteiger partial charge in [0.05, 0.1) is 28.1 Å². The number of benzene rings is 15. The minimum Gasteiger partial charge on any atom is -0.311 e. The molecule has 522 valence electrons. The number of fused-ring (bicyclic) bond motifs is 7. The van der Waals surface area contributed by atoms with E-state index < -0.39 is 0 Å². The third-order valence-electron chi connectivity index (χ3n) is 21.5. The molecule has 19 aromatic rings. The molecule has 0 spiro atoms. The minimum absolute atomic E-state index is 0.0330. The smallest absolute Gasteiger partial charge is 0.252 e. The van der Waals surface area contributed by atoms with Gasteiger partial charge < -0.3 is 14.4 Å². The average molecular weight is 1430 g/mol. The molecule has 2 aliphatic heterocycles. The standard InChI is InChI=1S/C100H64BN11/c1-8-28-67(29-9-1)84-64-85(103-94(102-84)68-30-10-2-11-31-68)74-54-57-86(79(61-74)66-52-50-65(51-53-66)73-40-26-43-78(60-73)111-90-47-25-23-45-83(90)101-82-44-22-24-46-89(82)110(77-41-20-7-21-42-77)91-48-27-49-92(111)93(91)101)112-87-58-55-75(99-106-95(69-32-12-3-13-33-69)104-96(107-99)70-34-14-4-15-35-70)62-80(87)81-63-76(56-59-88(81)112)100-108-97(71-36-16-5-17-37-71)105-98(109-100)72-38-18-6-19-39-72/h1-64H. The van der Waals surface area contributed by atoms with Crippen LogP contribution in [0, 0.1) is 0 Å². The van der Waals surface area contributed by atoms with Crippen LogP contribution in [0.5, 0.6) is 0 Å². The second kappa shape index (κ2) is 27.6. The van der Waals surface area contributed by atoms with Crippen molar-refractivity contribution in [3.05, 3.63) is 388 Å². The lowest BCUT2D eigenvalue weighted by atomic mass is 9.33. The lowest BCUT2D eigenvalue weighted by Crippen LogP contribution is -2.61. The van der Waals surface area contributed by atoms with E-state index in [1.807, 2.05) is 146 Å². The van der Waals surface area contributed by atoms with Gasteiger partial charge in [0.15, 0.2) is 40.8 Å². The summed E-state index contributed by atoms with van der Waals surface area (Å²) in [4.78, 5) is 46.8. The van der Waals surface area contributed by atoms with Crippen molar-refractivity contribution in [2.75, 3.05) is 9.80 Å². The molecule has 0 atom stereocenters. The van der Waals surface area contributed by atoms with Gasteiger partial charge in [-0.05, 0) is 136 Å². The molecule has 15 aromatic carbocycles. The van der Waals surface area contributed by atoms with Gasteiger partial charge in [-0.25, -0.2) is 39.9 Å². The van der Waals surface area contributed by atoms with Crippen molar-refractivity contribution in [2.45, 2.75) is 0 Å². The van der Waals surface area contributed by atoms with Gasteiger partial charge in [-0.2, -0.15) is 0 Å². The normalized spacial score (nSPS) is 12.1. The quantitative estimate of drug-likeness (QED) is 0.0975. The average Bonchev–Trinajstić information content (AvgIpc) is 0.917. The molecule has 0 saturated heterocycles. The molecule has 0 radical (unpaired) electrons. The highest BCUT2D eigenvalue weighted by Gasteiger charge is 2.43. The van der Waals surface area contributed by atoms with E-state index in [1.165, 1.54) is 27.8 Å². The van der Waals surface area contributed by atoms with Gasteiger partial charge in [-0.3, -0.25) is 0 Å². The molecule has 12 heteroatoms. The zero-order valence-corrected chi connectivity index (χ0v) is 60.4. The second-order valence-electron chi connectivity index (χ2n) is 28.2. The van der Waals surface area contributed by atoms with E-state index in [2.05, 4.69) is 257 Å². The first-order chi connectivity index (χ1) is 55.5. The maximum absolute atomic E-state index is 5.42. The molecule has 112 heavy (non-hydrogen) atoms. The molecular weight excluding hydrogens is 1370 g/mol. The molecule has 0 N–H and O–H groups in total. The highest BCUT2D eigenvalue weighted by atomic mass is 15.2. The predicted molar refractivity (Wildman–Crippen MR) is 457 cm³/mol. The van der Waals surface area contributed by atoms with Crippen LogP contribution in [-0.2, 0) is 0 Å². The van der Waals surface area contributed by atoms with Crippen molar-refractivity contribution in [1.82, 2.24) is 44.4 Å². The van der Waals surface area contributed by atoms with E-state index in [0.717, 1.165) is 134 Å². The third-order valence-corrected chi connectivity index (χ3v) is 21.5. The van der Waals surface area contributed by atoms with E-state index in [9.17, 15) is 0 Å². The summed E-state index contributed by atoms with van der Waals surface area (Å²) < 4.78 is 2.40. The van der Waals surface area contributed by atoms with Crippen LogP contribution in [-0.4, -0.2) is 51.2 Å². The van der Waals surface area contributed by atoms with Crippen LogP contribution < -0.4 is 26.2 Å². The number of rotatable bonds is 14. The van der Waals surface area contributed by atoms with E-state index in [-0.39, 0.29) is 6.71 Å². The first-order valence-electron chi connectivity index (χ1n) is 37.7. The van der Waals surface area contributed by atoms with E-state index >= 15 is 0 Å². The molecule has 0 amide bonds. The Kier molecular flexibility index (Phi) is 16.1. The van der Waals surface area contributed by atoms with Crippen molar-refractivity contribution in [3.63, 3.8) is 0 Å². The number of aromatic nitrogens is 9. The van der Waals surface area contributed by atoms with Crippen LogP contribution in [0.3, 0.4) is 0 Å². The summed E-state index contributed by atoms with van der Waals surface area (Å²) in [7, 11) is 0. The Labute approximate surface area is 647 Å². The fourth-order valence-electron chi connectivity index (χ4n) is 16.3. The Morgan fingerprint density at radius 2 is 0.536 bits per heavy atom. The number of anilines is 6. The number of hydrogen-bond acceptors (Lipinski definition) is 10. The fourth-order valence-corrected chi connectivity index (χ4v) is 16.3. The number of hydrogen-bond donors (Lipinski definition) is 0. The van der Waals surface area contributed by atoms with E-state index in [4.69, 9.17) is 39.9 Å². The van der Waals surface area contributed by atoms with Gasteiger partial charge in [0, 0.05) is 101 Å². The Morgan fingerprint density at radius 1 is 0.196 bits per heavy atom. The minimum atomic E-state index is 0.0330. The molecule has 4 aromatic heterocycles. The van der Waals surface area contributed by atoms with Gasteiger partial charge in [0.25, 0.3) is 6.71 Å². The monoisotopic (exact) mass is 1430 g/mol. The zero-order chi connectivity index (χ0) is 74.0. The van der Waals surface area contributed by atoms with Gasteiger partial charge >= 0.3 is 0 Å². The molecule has 0 unspecified atom stereocenters. The lowest BCUT2D eigenvalue weighted by Gasteiger charge is -2.44. The SMILES string of the molecule is c1ccc(-c2cc(-c3ccc(-n4c5ccc(-c6nc(-c7ccccc7)nc(-c7ccccc7)n6)cc5c5cc(-c6nc(-c7ccccc7)nc(-c7ccccc7)n6)ccc54)c(-c4ccc(-c5cccc(N6c7ccccc7B7c8ccccc8N(c8ccccc8)c8cccc6c87)c5)cc4)c3)nc(-c3ccccc3)n2)cc1. The van der Waals surface area contributed by atoms with E-state index in [0.29, 0.717) is 40.8 Å². The third kappa shape index (κ3) is 11.6. The first kappa shape index (κ1) is 65.2. The van der Waals surface area contributed by atoms with Gasteiger partial charge in [0.2, 0.25) is 0 Å². The highest BCUT2D eigenvalue weighted by molar-refractivity contribution is 7.00. The van der Waals surface area contributed by atoms with Crippen LogP contribution >= 0.6 is 0 Å². The van der Waals surface area contributed by atoms with Crippen LogP contribution in [0.4, 0.5) is 34.1 Å². The summed E-state index contributed by atoms with van der Waals surface area (Å²) in [6.07, 6.45) is 0. The summed E-state index contributed by atoms with van der Waals surface area (Å²) in [6, 6.07) is 137. The maximum Gasteiger partial charge on any atom is 0.252 e. The number of nitrogens with zero attached hydrogens (tertiary/aromatic N) is 11. The largest absolute Gasteiger partial charge is 0.311 e. The van der Waals surface area contributed by atoms with Crippen LogP contribution in [0.1, 0.15) is 0 Å². The van der Waals surface area contributed by atoms with Crippen LogP contribution in [0.2, 0.25) is 0 Å². The molecule has 0 saturated carbocycles. The zero-order valence-electron chi connectivity index (χ0n) is 60.4. The Morgan fingerprint density at radius 3 is 1.01 bits per heavy atom. The van der Waals surface area contributed by atoms with Crippen molar-refractivity contribution < 1.29 is 0 Å². The van der Waals surface area contributed by atoms with Crippen molar-refractivity contribution >= 4 is 79.0 Å². The Bertz CT molecular complexity index is 6450.